The molecule has 0 saturated carbocycles. The molecule has 4 aromatic rings. The summed E-state index contributed by atoms with van der Waals surface area (Å²) in [5.74, 6) is 1.42. The molecule has 2 heterocycles. The number of ether oxygens (including phenoxy) is 5. The maximum Gasteiger partial charge on any atom is 0.410 e. The van der Waals surface area contributed by atoms with Crippen LogP contribution in [0.4, 0.5) is 10.5 Å². The van der Waals surface area contributed by atoms with E-state index in [9.17, 15) is 9.59 Å². The Balaban J connectivity index is 1.15. The average Bonchev–Trinajstić information content (AvgIpc) is 3.19. The lowest BCUT2D eigenvalue weighted by Gasteiger charge is -2.38. The predicted octanol–water partition coefficient (Wildman–Crippen LogP) is 7.13. The number of anilines is 1. The van der Waals surface area contributed by atoms with Gasteiger partial charge >= 0.3 is 6.09 Å². The standard InChI is InChI=1S/C42H49N3O7/c1-30(52-36-12-7-11-35(26-36)41(46)43-2)33-14-16-34(17-15-33)37-19-21-45(42(47)51-28-31-9-5-4-6-10-31)27-40(37)50-29-32-13-18-39-38(25-32)44(22-24-49-39)20-8-23-48-3/h4-7,9-18,25-26,30,37,40H,8,19-24,27-29H2,1-3H3,(H,43,46). The predicted molar refractivity (Wildman–Crippen MR) is 200 cm³/mol. The number of piperidine rings is 1. The van der Waals surface area contributed by atoms with Gasteiger partial charge in [-0.1, -0.05) is 66.7 Å². The van der Waals surface area contributed by atoms with Crippen LogP contribution in [0, 0.1) is 0 Å². The number of rotatable bonds is 14. The minimum Gasteiger partial charge on any atom is -0.490 e. The van der Waals surface area contributed by atoms with Crippen LogP contribution < -0.4 is 19.7 Å². The molecule has 6 rings (SSSR count). The number of methoxy groups -OCH3 is 1. The van der Waals surface area contributed by atoms with Gasteiger partial charge in [0, 0.05) is 45.3 Å². The summed E-state index contributed by atoms with van der Waals surface area (Å²) in [6.07, 6.45) is 0.842. The van der Waals surface area contributed by atoms with E-state index in [0.717, 1.165) is 59.6 Å². The third kappa shape index (κ3) is 9.43. The van der Waals surface area contributed by atoms with Gasteiger partial charge in [-0.2, -0.15) is 0 Å². The molecule has 1 fully saturated rings. The van der Waals surface area contributed by atoms with Crippen molar-refractivity contribution in [1.82, 2.24) is 10.2 Å². The van der Waals surface area contributed by atoms with Crippen molar-refractivity contribution in [3.8, 4) is 11.5 Å². The number of likely N-dealkylation sites (tertiary alicyclic amines) is 1. The molecule has 52 heavy (non-hydrogen) atoms. The zero-order valence-corrected chi connectivity index (χ0v) is 30.3. The highest BCUT2D eigenvalue weighted by atomic mass is 16.6. The van der Waals surface area contributed by atoms with Crippen LogP contribution in [-0.2, 0) is 27.4 Å². The van der Waals surface area contributed by atoms with Crippen molar-refractivity contribution in [2.75, 3.05) is 58.5 Å². The van der Waals surface area contributed by atoms with Crippen molar-refractivity contribution < 1.29 is 33.3 Å². The molecule has 3 atom stereocenters. The van der Waals surface area contributed by atoms with Gasteiger partial charge in [-0.05, 0) is 72.4 Å². The second-order valence-corrected chi connectivity index (χ2v) is 13.2. The van der Waals surface area contributed by atoms with E-state index in [1.54, 1.807) is 31.2 Å². The zero-order chi connectivity index (χ0) is 36.3. The Labute approximate surface area is 306 Å². The van der Waals surface area contributed by atoms with Crippen molar-refractivity contribution in [3.63, 3.8) is 0 Å². The molecule has 0 radical (unpaired) electrons. The lowest BCUT2D eigenvalue weighted by atomic mass is 9.86. The van der Waals surface area contributed by atoms with Crippen molar-refractivity contribution in [1.29, 1.82) is 0 Å². The molecule has 4 aromatic carbocycles. The highest BCUT2D eigenvalue weighted by Crippen LogP contribution is 2.35. The summed E-state index contributed by atoms with van der Waals surface area (Å²) in [6, 6.07) is 31.6. The van der Waals surface area contributed by atoms with E-state index in [0.29, 0.717) is 44.2 Å². The fraction of sp³-hybridized carbons (Fsp3) is 0.381. The minimum atomic E-state index is -0.338. The fourth-order valence-corrected chi connectivity index (χ4v) is 6.83. The van der Waals surface area contributed by atoms with E-state index >= 15 is 0 Å². The van der Waals surface area contributed by atoms with Gasteiger partial charge in [-0.25, -0.2) is 4.79 Å². The Hall–Kier alpha value is -5.06. The normalized spacial score (nSPS) is 17.4. The number of fused-ring (bicyclic) bond motifs is 1. The molecule has 10 heteroatoms. The number of carbonyl (C=O) groups is 2. The third-order valence-corrected chi connectivity index (χ3v) is 9.72. The summed E-state index contributed by atoms with van der Waals surface area (Å²) in [7, 11) is 3.34. The van der Waals surface area contributed by atoms with Crippen molar-refractivity contribution >= 4 is 17.7 Å². The van der Waals surface area contributed by atoms with Gasteiger partial charge < -0.3 is 38.8 Å². The summed E-state index contributed by atoms with van der Waals surface area (Å²) in [6.45, 7) is 6.68. The Morgan fingerprint density at radius 3 is 2.54 bits per heavy atom. The van der Waals surface area contributed by atoms with Gasteiger partial charge in [0.25, 0.3) is 5.91 Å². The minimum absolute atomic E-state index is 0.0687. The highest BCUT2D eigenvalue weighted by Gasteiger charge is 2.34. The monoisotopic (exact) mass is 707 g/mol. The van der Waals surface area contributed by atoms with Gasteiger partial charge in [-0.3, -0.25) is 4.79 Å². The zero-order valence-electron chi connectivity index (χ0n) is 30.3. The first kappa shape index (κ1) is 36.7. The van der Waals surface area contributed by atoms with Crippen LogP contribution in [0.5, 0.6) is 11.5 Å². The highest BCUT2D eigenvalue weighted by molar-refractivity contribution is 5.94. The number of hydrogen-bond acceptors (Lipinski definition) is 8. The fourth-order valence-electron chi connectivity index (χ4n) is 6.83. The molecule has 2 aliphatic heterocycles. The Morgan fingerprint density at radius 2 is 1.75 bits per heavy atom. The quantitative estimate of drug-likeness (QED) is 0.138. The Morgan fingerprint density at radius 1 is 0.923 bits per heavy atom. The molecule has 10 nitrogen and oxygen atoms in total. The van der Waals surface area contributed by atoms with Crippen molar-refractivity contribution in [2.45, 2.75) is 51.1 Å². The van der Waals surface area contributed by atoms with Gasteiger partial charge in [0.2, 0.25) is 0 Å². The second kappa shape index (κ2) is 17.9. The molecule has 0 bridgehead atoms. The number of nitrogens with zero attached hydrogens (tertiary/aromatic N) is 2. The average molecular weight is 708 g/mol. The number of hydrogen-bond donors (Lipinski definition) is 1. The lowest BCUT2D eigenvalue weighted by Crippen LogP contribution is -2.47. The maximum atomic E-state index is 13.3. The van der Waals surface area contributed by atoms with Crippen LogP contribution in [0.3, 0.4) is 0 Å². The van der Waals surface area contributed by atoms with E-state index in [4.69, 9.17) is 23.7 Å². The third-order valence-electron chi connectivity index (χ3n) is 9.72. The molecule has 0 aromatic heterocycles. The molecular weight excluding hydrogens is 658 g/mol. The summed E-state index contributed by atoms with van der Waals surface area (Å²) in [5, 5.41) is 2.65. The summed E-state index contributed by atoms with van der Waals surface area (Å²) in [5.41, 5.74) is 5.77. The molecular formula is C42H49N3O7. The Bertz CT molecular complexity index is 1770. The number of nitrogens with one attached hydrogen (secondary N) is 1. The van der Waals surface area contributed by atoms with Crippen molar-refractivity contribution in [2.24, 2.45) is 0 Å². The molecule has 0 spiro atoms. The summed E-state index contributed by atoms with van der Waals surface area (Å²) >= 11 is 0. The van der Waals surface area contributed by atoms with Crippen LogP contribution >= 0.6 is 0 Å². The first-order valence-corrected chi connectivity index (χ1v) is 18.1. The van der Waals surface area contributed by atoms with Gasteiger partial charge in [-0.15, -0.1) is 0 Å². The molecule has 2 amide bonds. The van der Waals surface area contributed by atoms with Gasteiger partial charge in [0.15, 0.2) is 0 Å². The van der Waals surface area contributed by atoms with Crippen LogP contribution in [0.25, 0.3) is 0 Å². The summed E-state index contributed by atoms with van der Waals surface area (Å²) in [4.78, 5) is 29.5. The number of amides is 2. The van der Waals surface area contributed by atoms with Crippen LogP contribution in [0.2, 0.25) is 0 Å². The van der Waals surface area contributed by atoms with E-state index < -0.39 is 0 Å². The topological polar surface area (TPSA) is 98.8 Å². The molecule has 2 aliphatic rings. The number of benzene rings is 4. The van der Waals surface area contributed by atoms with E-state index in [1.807, 2.05) is 55.5 Å². The van der Waals surface area contributed by atoms with E-state index in [2.05, 4.69) is 46.6 Å². The largest absolute Gasteiger partial charge is 0.490 e. The smallest absolute Gasteiger partial charge is 0.410 e. The van der Waals surface area contributed by atoms with Crippen molar-refractivity contribution in [3.05, 3.63) is 125 Å². The first-order valence-electron chi connectivity index (χ1n) is 18.1. The molecule has 3 unspecified atom stereocenters. The summed E-state index contributed by atoms with van der Waals surface area (Å²) < 4.78 is 29.9. The van der Waals surface area contributed by atoms with Gasteiger partial charge in [0.1, 0.15) is 30.8 Å². The van der Waals surface area contributed by atoms with E-state index in [1.165, 1.54) is 0 Å². The van der Waals surface area contributed by atoms with Crippen LogP contribution in [0.1, 0.15) is 64.4 Å². The van der Waals surface area contributed by atoms with Gasteiger partial charge in [0.05, 0.1) is 31.5 Å². The maximum absolute atomic E-state index is 13.3. The SMILES string of the molecule is CNC(=O)c1cccc(OC(C)c2ccc(C3CCN(C(=O)OCc4ccccc4)CC3OCc3ccc4c(c3)N(CCCOC)CCO4)cc2)c1. The first-order chi connectivity index (χ1) is 25.4. The molecule has 1 N–H and O–H groups in total. The van der Waals surface area contributed by atoms with E-state index in [-0.39, 0.29) is 36.7 Å². The molecule has 274 valence electrons. The Kier molecular flexibility index (Phi) is 12.7. The molecule has 0 aliphatic carbocycles. The second-order valence-electron chi connectivity index (χ2n) is 13.2. The van der Waals surface area contributed by atoms with Crippen LogP contribution in [-0.4, -0.2) is 76.6 Å². The molecule has 1 saturated heterocycles. The van der Waals surface area contributed by atoms with Crippen LogP contribution in [0.15, 0.2) is 97.1 Å². The lowest BCUT2D eigenvalue weighted by molar-refractivity contribution is -0.0246. The number of carbonyl (C=O) groups excluding carboxylic acids is 2.